The number of carbonyl (C=O) groups is 2. The second kappa shape index (κ2) is 10.9. The Labute approximate surface area is 227 Å². The van der Waals surface area contributed by atoms with Gasteiger partial charge in [-0.1, -0.05) is 12.1 Å². The third-order valence-corrected chi connectivity index (χ3v) is 7.41. The Kier molecular flexibility index (Phi) is 7.92. The Morgan fingerprint density at radius 3 is 2.51 bits per heavy atom. The van der Waals surface area contributed by atoms with E-state index in [9.17, 15) is 14.0 Å². The number of aromatic carboxylic acids is 1. The average molecular weight is 667 g/mol. The van der Waals surface area contributed by atoms with Crippen molar-refractivity contribution in [3.63, 3.8) is 0 Å². The summed E-state index contributed by atoms with van der Waals surface area (Å²) in [7, 11) is 1.65. The minimum Gasteiger partial charge on any atom is -0.487 e. The quantitative estimate of drug-likeness (QED) is 0.234. The van der Waals surface area contributed by atoms with E-state index in [2.05, 4.69) is 43.5 Å². The maximum absolute atomic E-state index is 13.1. The monoisotopic (exact) mass is 666 g/mol. The van der Waals surface area contributed by atoms with Crippen LogP contribution in [-0.4, -0.2) is 34.1 Å². The summed E-state index contributed by atoms with van der Waals surface area (Å²) in [4.78, 5) is 30.3. The molecule has 1 N–H and O–H groups in total. The van der Waals surface area contributed by atoms with E-state index >= 15 is 0 Å². The molecular weight excluding hydrogens is 650 g/mol. The third kappa shape index (κ3) is 6.11. The van der Waals surface area contributed by atoms with Crippen molar-refractivity contribution >= 4 is 79.1 Å². The number of carbonyl (C=O) groups excluding carboxylic acids is 1. The number of carboxylic acid groups (broad SMARTS) is 1. The molecule has 0 spiro atoms. The number of amides is 1. The van der Waals surface area contributed by atoms with Crippen LogP contribution in [0.25, 0.3) is 6.08 Å². The molecule has 0 bridgehead atoms. The van der Waals surface area contributed by atoms with E-state index in [1.165, 1.54) is 40.9 Å². The fraction of sp³-hybridized carbons (Fsp3) is 0.0800. The van der Waals surface area contributed by atoms with Crippen molar-refractivity contribution in [1.29, 1.82) is 0 Å². The number of nitrogens with zero attached hydrogens (tertiary/aromatic N) is 2. The lowest BCUT2D eigenvalue weighted by atomic mass is 10.2. The summed E-state index contributed by atoms with van der Waals surface area (Å²) in [5, 5.41) is 9.53. The van der Waals surface area contributed by atoms with Gasteiger partial charge in [-0.3, -0.25) is 9.69 Å². The molecule has 0 unspecified atom stereocenters. The minimum absolute atomic E-state index is 0.170. The van der Waals surface area contributed by atoms with Gasteiger partial charge >= 0.3 is 5.97 Å². The smallest absolute Gasteiger partial charge is 0.335 e. The summed E-state index contributed by atoms with van der Waals surface area (Å²) in [6.07, 6.45) is 1.79. The summed E-state index contributed by atoms with van der Waals surface area (Å²) >= 11 is 6.96. The fourth-order valence-electron chi connectivity index (χ4n) is 3.13. The lowest BCUT2D eigenvalue weighted by Crippen LogP contribution is -2.23. The highest BCUT2D eigenvalue weighted by atomic mass is 127. The first kappa shape index (κ1) is 25.4. The molecule has 35 heavy (non-hydrogen) atoms. The van der Waals surface area contributed by atoms with Crippen LogP contribution in [0.4, 0.5) is 10.1 Å². The summed E-state index contributed by atoms with van der Waals surface area (Å²) in [6, 6.07) is 16.0. The van der Waals surface area contributed by atoms with Gasteiger partial charge in [-0.2, -0.15) is 0 Å². The van der Waals surface area contributed by atoms with Crippen molar-refractivity contribution in [2.24, 2.45) is 4.99 Å². The van der Waals surface area contributed by atoms with Crippen molar-refractivity contribution in [3.05, 3.63) is 96.1 Å². The number of thioether (sulfide) groups is 1. The highest BCUT2D eigenvalue weighted by Gasteiger charge is 2.30. The standard InChI is InChI=1S/C25H17BrFIN2O4S/c1-30-23(31)21(35-25(30)29-18-8-4-16(5-9-18)24(32)33)12-15-10-19(26)22(20(28)11-15)34-13-14-2-6-17(27)7-3-14/h2-12H,13H2,1H3,(H,32,33)/b21-12-,29-25?. The summed E-state index contributed by atoms with van der Waals surface area (Å²) < 4.78 is 20.6. The maximum Gasteiger partial charge on any atom is 0.335 e. The number of carboxylic acids is 1. The van der Waals surface area contributed by atoms with Crippen LogP contribution in [-0.2, 0) is 11.4 Å². The molecule has 0 atom stereocenters. The van der Waals surface area contributed by atoms with Crippen LogP contribution in [0, 0.1) is 9.39 Å². The molecule has 0 radical (unpaired) electrons. The SMILES string of the molecule is CN1C(=O)/C(=C/c2cc(Br)c(OCc3ccc(F)cc3)c(I)c2)SC1=Nc1ccc(C(=O)O)cc1. The molecule has 1 saturated heterocycles. The van der Waals surface area contributed by atoms with Gasteiger partial charge in [-0.15, -0.1) is 0 Å². The zero-order valence-corrected chi connectivity index (χ0v) is 22.7. The van der Waals surface area contributed by atoms with Gasteiger partial charge in [0, 0.05) is 7.05 Å². The molecule has 1 heterocycles. The molecule has 178 valence electrons. The van der Waals surface area contributed by atoms with Crippen LogP contribution >= 0.6 is 50.3 Å². The van der Waals surface area contributed by atoms with Crippen LogP contribution in [0.3, 0.4) is 0 Å². The molecule has 3 aromatic carbocycles. The first-order valence-electron chi connectivity index (χ1n) is 10.2. The number of ether oxygens (including phenoxy) is 1. The number of likely N-dealkylation sites (N-methyl/N-ethyl adjacent to an activating group) is 1. The van der Waals surface area contributed by atoms with E-state index < -0.39 is 5.97 Å². The fourth-order valence-corrected chi connectivity index (χ4v) is 5.88. The van der Waals surface area contributed by atoms with E-state index in [-0.39, 0.29) is 17.3 Å². The van der Waals surface area contributed by atoms with Gasteiger partial charge in [-0.05, 0) is 116 Å². The molecule has 1 aliphatic rings. The zero-order chi connectivity index (χ0) is 25.1. The number of aliphatic imine (C=N–C) groups is 1. The number of benzene rings is 3. The number of hydrogen-bond donors (Lipinski definition) is 1. The van der Waals surface area contributed by atoms with Gasteiger partial charge in [0.25, 0.3) is 5.91 Å². The molecule has 1 aliphatic heterocycles. The third-order valence-electron chi connectivity index (χ3n) is 4.96. The first-order valence-corrected chi connectivity index (χ1v) is 12.9. The Morgan fingerprint density at radius 1 is 1.20 bits per heavy atom. The van der Waals surface area contributed by atoms with Crippen LogP contribution in [0.5, 0.6) is 5.75 Å². The Balaban J connectivity index is 1.52. The van der Waals surface area contributed by atoms with Crippen LogP contribution in [0.1, 0.15) is 21.5 Å². The maximum atomic E-state index is 13.1. The molecule has 0 saturated carbocycles. The van der Waals surface area contributed by atoms with Gasteiger partial charge in [0.2, 0.25) is 0 Å². The predicted octanol–water partition coefficient (Wildman–Crippen LogP) is 6.70. The Bertz CT molecular complexity index is 1340. The van der Waals surface area contributed by atoms with Crippen molar-refractivity contribution in [1.82, 2.24) is 4.90 Å². The molecular formula is C25H17BrFIN2O4S. The van der Waals surface area contributed by atoms with Crippen molar-refractivity contribution in [2.45, 2.75) is 6.61 Å². The summed E-state index contributed by atoms with van der Waals surface area (Å²) in [5.41, 5.74) is 2.38. The Morgan fingerprint density at radius 2 is 1.89 bits per heavy atom. The zero-order valence-electron chi connectivity index (χ0n) is 18.2. The van der Waals surface area contributed by atoms with E-state index in [4.69, 9.17) is 9.84 Å². The van der Waals surface area contributed by atoms with E-state index in [1.54, 1.807) is 37.4 Å². The van der Waals surface area contributed by atoms with Gasteiger partial charge in [0.15, 0.2) is 5.17 Å². The molecule has 0 aliphatic carbocycles. The second-order valence-electron chi connectivity index (χ2n) is 7.45. The number of amidine groups is 1. The van der Waals surface area contributed by atoms with Crippen molar-refractivity contribution in [3.8, 4) is 5.75 Å². The van der Waals surface area contributed by atoms with Crippen LogP contribution in [0.15, 0.2) is 75.0 Å². The molecule has 4 rings (SSSR count). The predicted molar refractivity (Wildman–Crippen MR) is 146 cm³/mol. The molecule has 6 nitrogen and oxygen atoms in total. The first-order chi connectivity index (χ1) is 16.7. The molecule has 0 aromatic heterocycles. The molecule has 10 heteroatoms. The largest absolute Gasteiger partial charge is 0.487 e. The Hall–Kier alpha value is -2.70. The number of halogens is 3. The second-order valence-corrected chi connectivity index (χ2v) is 10.5. The number of rotatable bonds is 6. The van der Waals surface area contributed by atoms with Crippen LogP contribution in [0.2, 0.25) is 0 Å². The summed E-state index contributed by atoms with van der Waals surface area (Å²) in [5.74, 6) is -0.828. The molecule has 1 fully saturated rings. The van der Waals surface area contributed by atoms with Gasteiger partial charge in [-0.25, -0.2) is 14.2 Å². The minimum atomic E-state index is -1.01. The number of hydrogen-bond acceptors (Lipinski definition) is 5. The average Bonchev–Trinajstić information content (AvgIpc) is 3.07. The van der Waals surface area contributed by atoms with E-state index in [0.717, 1.165) is 19.2 Å². The van der Waals surface area contributed by atoms with Gasteiger partial charge < -0.3 is 9.84 Å². The van der Waals surface area contributed by atoms with Gasteiger partial charge in [0.05, 0.1) is 24.2 Å². The van der Waals surface area contributed by atoms with Crippen LogP contribution < -0.4 is 4.74 Å². The van der Waals surface area contributed by atoms with E-state index in [1.807, 2.05) is 12.1 Å². The van der Waals surface area contributed by atoms with Gasteiger partial charge in [0.1, 0.15) is 18.2 Å². The topological polar surface area (TPSA) is 79.2 Å². The summed E-state index contributed by atoms with van der Waals surface area (Å²) in [6.45, 7) is 0.293. The van der Waals surface area contributed by atoms with E-state index in [0.29, 0.717) is 28.1 Å². The molecule has 3 aromatic rings. The van der Waals surface area contributed by atoms with Crippen molar-refractivity contribution in [2.75, 3.05) is 7.05 Å². The normalized spacial score (nSPS) is 15.8. The lowest BCUT2D eigenvalue weighted by Gasteiger charge is -2.12. The lowest BCUT2D eigenvalue weighted by molar-refractivity contribution is -0.121. The molecule has 1 amide bonds. The van der Waals surface area contributed by atoms with Crippen molar-refractivity contribution < 1.29 is 23.8 Å². The highest BCUT2D eigenvalue weighted by Crippen LogP contribution is 2.37. The highest BCUT2D eigenvalue weighted by molar-refractivity contribution is 14.1.